The first-order valence-electron chi connectivity index (χ1n) is 8.90. The summed E-state index contributed by atoms with van der Waals surface area (Å²) < 4.78 is 1.89. The minimum absolute atomic E-state index is 0.0566. The summed E-state index contributed by atoms with van der Waals surface area (Å²) >= 11 is 0. The van der Waals surface area contributed by atoms with E-state index in [0.717, 1.165) is 42.5 Å². The molecule has 6 heteroatoms. The van der Waals surface area contributed by atoms with Crippen LogP contribution in [0.5, 0.6) is 0 Å². The first kappa shape index (κ1) is 17.5. The van der Waals surface area contributed by atoms with Crippen LogP contribution in [0.2, 0.25) is 0 Å². The summed E-state index contributed by atoms with van der Waals surface area (Å²) in [5.41, 5.74) is 3.02. The molecule has 6 nitrogen and oxygen atoms in total. The van der Waals surface area contributed by atoms with Crippen molar-refractivity contribution in [3.63, 3.8) is 0 Å². The van der Waals surface area contributed by atoms with E-state index in [0.29, 0.717) is 6.54 Å². The molecule has 1 aliphatic carbocycles. The third-order valence-corrected chi connectivity index (χ3v) is 4.78. The van der Waals surface area contributed by atoms with Gasteiger partial charge in [0.1, 0.15) is 0 Å². The molecule has 1 aromatic heterocycles. The third-order valence-electron chi connectivity index (χ3n) is 4.78. The number of urea groups is 1. The summed E-state index contributed by atoms with van der Waals surface area (Å²) in [7, 11) is 0. The molecule has 0 radical (unpaired) electrons. The molecule has 2 atom stereocenters. The number of aliphatic hydroxyl groups is 1. The summed E-state index contributed by atoms with van der Waals surface area (Å²) in [6.45, 7) is 2.86. The summed E-state index contributed by atoms with van der Waals surface area (Å²) in [4.78, 5) is 12.2. The van der Waals surface area contributed by atoms with Crippen molar-refractivity contribution in [3.05, 3.63) is 47.8 Å². The highest BCUT2D eigenvalue weighted by atomic mass is 16.3. The van der Waals surface area contributed by atoms with Crippen molar-refractivity contribution >= 4 is 11.7 Å². The second-order valence-electron chi connectivity index (χ2n) is 6.84. The molecule has 0 aliphatic heterocycles. The number of carbonyl (C=O) groups excluding carboxylic acids is 1. The number of aryl methyl sites for hydroxylation is 1. The number of hydrogen-bond donors (Lipinski definition) is 3. The number of aromatic nitrogens is 2. The molecule has 1 fully saturated rings. The molecule has 2 aromatic rings. The van der Waals surface area contributed by atoms with E-state index < -0.39 is 0 Å². The predicted molar refractivity (Wildman–Crippen MR) is 97.5 cm³/mol. The summed E-state index contributed by atoms with van der Waals surface area (Å²) in [5.74, 6) is 0.166. The van der Waals surface area contributed by atoms with E-state index >= 15 is 0 Å². The number of nitrogens with one attached hydrogen (secondary N) is 2. The van der Waals surface area contributed by atoms with Crippen molar-refractivity contribution < 1.29 is 9.90 Å². The molecule has 0 saturated heterocycles. The van der Waals surface area contributed by atoms with Gasteiger partial charge in [0.15, 0.2) is 0 Å². The molecule has 0 unspecified atom stereocenters. The lowest BCUT2D eigenvalue weighted by atomic mass is 9.85. The van der Waals surface area contributed by atoms with Crippen LogP contribution in [0.4, 0.5) is 10.5 Å². The molecular formula is C19H26N4O2. The summed E-state index contributed by atoms with van der Waals surface area (Å²) in [6.07, 6.45) is 7.97. The number of amides is 2. The van der Waals surface area contributed by atoms with Gasteiger partial charge in [0.2, 0.25) is 0 Å². The maximum Gasteiger partial charge on any atom is 0.319 e. The first-order valence-corrected chi connectivity index (χ1v) is 8.90. The zero-order valence-electron chi connectivity index (χ0n) is 14.6. The lowest BCUT2D eigenvalue weighted by molar-refractivity contribution is 0.156. The van der Waals surface area contributed by atoms with Gasteiger partial charge in [-0.15, -0.1) is 0 Å². The lowest BCUT2D eigenvalue weighted by Gasteiger charge is -2.30. The zero-order valence-corrected chi connectivity index (χ0v) is 14.6. The maximum absolute atomic E-state index is 12.2. The van der Waals surface area contributed by atoms with E-state index in [1.807, 2.05) is 48.3 Å². The molecule has 0 bridgehead atoms. The van der Waals surface area contributed by atoms with E-state index in [1.165, 1.54) is 0 Å². The van der Waals surface area contributed by atoms with Crippen molar-refractivity contribution in [2.75, 3.05) is 11.9 Å². The van der Waals surface area contributed by atoms with Gasteiger partial charge in [-0.2, -0.15) is 5.10 Å². The SMILES string of the molecule is Cc1cnn(Cc2ccc(NC(=O)N[C@@H]3CCCC[C@@H]3CO)cc2)c1. The smallest absolute Gasteiger partial charge is 0.319 e. The highest BCUT2D eigenvalue weighted by Gasteiger charge is 2.25. The molecule has 1 aromatic carbocycles. The number of benzene rings is 1. The second kappa shape index (κ2) is 8.16. The molecule has 0 spiro atoms. The summed E-state index contributed by atoms with van der Waals surface area (Å²) in [6, 6.07) is 7.63. The van der Waals surface area contributed by atoms with E-state index in [2.05, 4.69) is 15.7 Å². The van der Waals surface area contributed by atoms with Crippen molar-refractivity contribution in [3.8, 4) is 0 Å². The fourth-order valence-corrected chi connectivity index (χ4v) is 3.39. The Morgan fingerprint density at radius 1 is 1.28 bits per heavy atom. The molecular weight excluding hydrogens is 316 g/mol. The molecule has 3 N–H and O–H groups in total. The predicted octanol–water partition coefficient (Wildman–Crippen LogP) is 2.91. The van der Waals surface area contributed by atoms with Crippen LogP contribution in [0, 0.1) is 12.8 Å². The van der Waals surface area contributed by atoms with Gasteiger partial charge in [0, 0.05) is 30.5 Å². The molecule has 3 rings (SSSR count). The van der Waals surface area contributed by atoms with Crippen LogP contribution in [-0.2, 0) is 6.54 Å². The van der Waals surface area contributed by atoms with Crippen molar-refractivity contribution in [1.29, 1.82) is 0 Å². The second-order valence-corrected chi connectivity index (χ2v) is 6.84. The maximum atomic E-state index is 12.2. The topological polar surface area (TPSA) is 79.2 Å². The average molecular weight is 342 g/mol. The standard InChI is InChI=1S/C19H26N4O2/c1-14-10-20-23(11-14)12-15-6-8-17(9-7-15)21-19(25)22-18-5-3-2-4-16(18)13-24/h6-11,16,18,24H,2-5,12-13H2,1H3,(H2,21,22,25)/t16-,18-/m1/s1. The lowest BCUT2D eigenvalue weighted by Crippen LogP contribution is -2.45. The molecule has 134 valence electrons. The van der Waals surface area contributed by atoms with Gasteiger partial charge in [-0.05, 0) is 43.0 Å². The van der Waals surface area contributed by atoms with Crippen LogP contribution < -0.4 is 10.6 Å². The zero-order chi connectivity index (χ0) is 17.6. The normalized spacial score (nSPS) is 20.2. The average Bonchev–Trinajstić information content (AvgIpc) is 3.02. The number of hydrogen-bond acceptors (Lipinski definition) is 3. The number of rotatable bonds is 5. The Kier molecular flexibility index (Phi) is 5.71. The van der Waals surface area contributed by atoms with E-state index in [-0.39, 0.29) is 24.6 Å². The van der Waals surface area contributed by atoms with Gasteiger partial charge < -0.3 is 15.7 Å². The van der Waals surface area contributed by atoms with Gasteiger partial charge in [-0.3, -0.25) is 4.68 Å². The largest absolute Gasteiger partial charge is 0.396 e. The number of aliphatic hydroxyl groups excluding tert-OH is 1. The van der Waals surface area contributed by atoms with Crippen LogP contribution in [0.15, 0.2) is 36.7 Å². The van der Waals surface area contributed by atoms with Crippen molar-refractivity contribution in [2.24, 2.45) is 5.92 Å². The number of anilines is 1. The van der Waals surface area contributed by atoms with Crippen LogP contribution >= 0.6 is 0 Å². The Morgan fingerprint density at radius 2 is 2.04 bits per heavy atom. The van der Waals surface area contributed by atoms with E-state index in [1.54, 1.807) is 0 Å². The number of nitrogens with zero attached hydrogens (tertiary/aromatic N) is 2. The van der Waals surface area contributed by atoms with Crippen LogP contribution in [-0.4, -0.2) is 33.6 Å². The molecule has 25 heavy (non-hydrogen) atoms. The Labute approximate surface area is 148 Å². The van der Waals surface area contributed by atoms with Crippen LogP contribution in [0.25, 0.3) is 0 Å². The fraction of sp³-hybridized carbons (Fsp3) is 0.474. The fourth-order valence-electron chi connectivity index (χ4n) is 3.39. The van der Waals surface area contributed by atoms with Crippen LogP contribution in [0.3, 0.4) is 0 Å². The van der Waals surface area contributed by atoms with Gasteiger partial charge in [0.05, 0.1) is 12.7 Å². The highest BCUT2D eigenvalue weighted by Crippen LogP contribution is 2.24. The Hall–Kier alpha value is -2.34. The highest BCUT2D eigenvalue weighted by molar-refractivity contribution is 5.89. The third kappa shape index (κ3) is 4.82. The monoisotopic (exact) mass is 342 g/mol. The van der Waals surface area contributed by atoms with Crippen LogP contribution in [0.1, 0.15) is 36.8 Å². The van der Waals surface area contributed by atoms with Gasteiger partial charge >= 0.3 is 6.03 Å². The molecule has 1 saturated carbocycles. The van der Waals surface area contributed by atoms with E-state index in [4.69, 9.17) is 0 Å². The van der Waals surface area contributed by atoms with E-state index in [9.17, 15) is 9.90 Å². The molecule has 1 aliphatic rings. The minimum atomic E-state index is -0.208. The Balaban J connectivity index is 1.53. The summed E-state index contributed by atoms with van der Waals surface area (Å²) in [5, 5.41) is 19.6. The quantitative estimate of drug-likeness (QED) is 0.782. The Morgan fingerprint density at radius 3 is 2.72 bits per heavy atom. The Bertz CT molecular complexity index is 696. The van der Waals surface area contributed by atoms with Gasteiger partial charge in [0.25, 0.3) is 0 Å². The first-order chi connectivity index (χ1) is 12.1. The van der Waals surface area contributed by atoms with Gasteiger partial charge in [-0.25, -0.2) is 4.79 Å². The minimum Gasteiger partial charge on any atom is -0.396 e. The van der Waals surface area contributed by atoms with Gasteiger partial charge in [-0.1, -0.05) is 25.0 Å². The van der Waals surface area contributed by atoms with Crippen molar-refractivity contribution in [1.82, 2.24) is 15.1 Å². The van der Waals surface area contributed by atoms with Crippen molar-refractivity contribution in [2.45, 2.75) is 45.2 Å². The number of carbonyl (C=O) groups is 1. The molecule has 1 heterocycles. The molecule has 2 amide bonds.